The van der Waals surface area contributed by atoms with Crippen LogP contribution in [0.1, 0.15) is 50.8 Å². The number of rotatable bonds is 2. The summed E-state index contributed by atoms with van der Waals surface area (Å²) in [5.41, 5.74) is -1.03. The van der Waals surface area contributed by atoms with Crippen LogP contribution >= 0.6 is 0 Å². The van der Waals surface area contributed by atoms with Gasteiger partial charge in [-0.15, -0.1) is 5.10 Å². The van der Waals surface area contributed by atoms with Gasteiger partial charge in [0.25, 0.3) is 5.82 Å². The summed E-state index contributed by atoms with van der Waals surface area (Å²) < 4.78 is 1.37. The first-order chi connectivity index (χ1) is 8.69. The number of aromatic nitrogens is 3. The van der Waals surface area contributed by atoms with Crippen LogP contribution < -0.4 is 0 Å². The minimum Gasteiger partial charge on any atom is -0.479 e. The van der Waals surface area contributed by atoms with Crippen molar-refractivity contribution in [3.05, 3.63) is 12.2 Å². The van der Waals surface area contributed by atoms with E-state index in [-0.39, 0.29) is 5.82 Å². The van der Waals surface area contributed by atoms with Crippen molar-refractivity contribution in [3.8, 4) is 6.07 Å². The summed E-state index contributed by atoms with van der Waals surface area (Å²) in [6.45, 7) is 0. The Bertz CT molecular complexity index is 467. The molecule has 1 fully saturated rings. The molecule has 0 atom stereocenters. The highest BCUT2D eigenvalue weighted by Crippen LogP contribution is 2.32. The van der Waals surface area contributed by atoms with Gasteiger partial charge in [-0.2, -0.15) is 5.26 Å². The first-order valence-electron chi connectivity index (χ1n) is 6.25. The predicted octanol–water partition coefficient (Wildman–Crippen LogP) is 1.67. The Labute approximate surface area is 105 Å². The summed E-state index contributed by atoms with van der Waals surface area (Å²) in [6, 6.07) is 1.83. The number of hydrogen-bond acceptors (Lipinski definition) is 4. The maximum absolute atomic E-state index is 11.7. The van der Waals surface area contributed by atoms with Gasteiger partial charge in [0.2, 0.25) is 0 Å². The van der Waals surface area contributed by atoms with Crippen LogP contribution in [-0.2, 0) is 10.3 Å². The number of nitriles is 1. The third-order valence-electron chi connectivity index (χ3n) is 3.61. The van der Waals surface area contributed by atoms with Gasteiger partial charge in [-0.1, -0.05) is 32.1 Å². The Morgan fingerprint density at radius 3 is 2.44 bits per heavy atom. The van der Waals surface area contributed by atoms with E-state index >= 15 is 0 Å². The van der Waals surface area contributed by atoms with Crippen molar-refractivity contribution in [2.45, 2.75) is 50.5 Å². The number of nitrogens with zero attached hydrogens (tertiary/aromatic N) is 4. The molecule has 6 nitrogen and oxygen atoms in total. The first kappa shape index (κ1) is 12.6. The van der Waals surface area contributed by atoms with Gasteiger partial charge in [0.1, 0.15) is 12.4 Å². The molecule has 2 rings (SSSR count). The Kier molecular flexibility index (Phi) is 3.60. The fourth-order valence-electron chi connectivity index (χ4n) is 2.55. The minimum atomic E-state index is -1.03. The number of carbonyl (C=O) groups is 1. The van der Waals surface area contributed by atoms with Gasteiger partial charge in [0, 0.05) is 0 Å². The standard InChI is InChI=1S/C12H16N4O2/c13-8-10-14-9-16(15-10)12(11(17)18)6-4-2-1-3-5-7-12/h9H,1-7H2,(H,17,18). The summed E-state index contributed by atoms with van der Waals surface area (Å²) in [6.07, 6.45) is 7.48. The van der Waals surface area contributed by atoms with Gasteiger partial charge in [-0.05, 0) is 12.8 Å². The summed E-state index contributed by atoms with van der Waals surface area (Å²) in [7, 11) is 0. The second-order valence-electron chi connectivity index (χ2n) is 4.73. The zero-order valence-electron chi connectivity index (χ0n) is 10.2. The van der Waals surface area contributed by atoms with E-state index in [1.807, 2.05) is 6.07 Å². The van der Waals surface area contributed by atoms with E-state index in [9.17, 15) is 9.90 Å². The molecule has 1 aliphatic carbocycles. The smallest absolute Gasteiger partial charge is 0.331 e. The molecule has 1 N–H and O–H groups in total. The Morgan fingerprint density at radius 1 is 1.33 bits per heavy atom. The van der Waals surface area contributed by atoms with Gasteiger partial charge in [-0.3, -0.25) is 0 Å². The van der Waals surface area contributed by atoms with Crippen LogP contribution in [0.5, 0.6) is 0 Å². The van der Waals surface area contributed by atoms with Crippen molar-refractivity contribution in [2.24, 2.45) is 0 Å². The molecule has 0 saturated heterocycles. The molecule has 0 spiro atoms. The van der Waals surface area contributed by atoms with Crippen LogP contribution in [-0.4, -0.2) is 25.8 Å². The SMILES string of the molecule is N#Cc1ncn(C2(C(=O)O)CCCCCCC2)n1. The third-order valence-corrected chi connectivity index (χ3v) is 3.61. The van der Waals surface area contributed by atoms with E-state index in [0.717, 1.165) is 32.1 Å². The predicted molar refractivity (Wildman–Crippen MR) is 62.7 cm³/mol. The lowest BCUT2D eigenvalue weighted by atomic mass is 9.84. The molecule has 1 saturated carbocycles. The average Bonchev–Trinajstić information content (AvgIpc) is 2.77. The molecule has 0 aromatic carbocycles. The molecule has 1 aromatic heterocycles. The van der Waals surface area contributed by atoms with Gasteiger partial charge >= 0.3 is 5.97 Å². The van der Waals surface area contributed by atoms with Crippen LogP contribution in [0, 0.1) is 11.3 Å². The molecular weight excluding hydrogens is 232 g/mol. The molecule has 0 radical (unpaired) electrons. The zero-order chi connectivity index (χ0) is 13.0. The van der Waals surface area contributed by atoms with E-state index in [2.05, 4.69) is 10.1 Å². The van der Waals surface area contributed by atoms with Crippen LogP contribution in [0.2, 0.25) is 0 Å². The molecule has 0 aliphatic heterocycles. The number of carboxylic acid groups (broad SMARTS) is 1. The largest absolute Gasteiger partial charge is 0.479 e. The van der Waals surface area contributed by atoms with Crippen molar-refractivity contribution in [1.82, 2.24) is 14.8 Å². The fraction of sp³-hybridized carbons (Fsp3) is 0.667. The Hall–Kier alpha value is -1.90. The normalized spacial score (nSPS) is 19.5. The van der Waals surface area contributed by atoms with E-state index in [1.54, 1.807) is 0 Å². The third kappa shape index (κ3) is 2.21. The minimum absolute atomic E-state index is 0.0256. The Balaban J connectivity index is 2.35. The molecular formula is C12H16N4O2. The highest BCUT2D eigenvalue weighted by molar-refractivity contribution is 5.76. The molecule has 18 heavy (non-hydrogen) atoms. The highest BCUT2D eigenvalue weighted by atomic mass is 16.4. The van der Waals surface area contributed by atoms with E-state index in [4.69, 9.17) is 5.26 Å². The average molecular weight is 248 g/mol. The van der Waals surface area contributed by atoms with Crippen molar-refractivity contribution in [2.75, 3.05) is 0 Å². The summed E-state index contributed by atoms with van der Waals surface area (Å²) in [4.78, 5) is 15.5. The molecule has 1 aliphatic rings. The Morgan fingerprint density at radius 2 is 1.94 bits per heavy atom. The molecule has 96 valence electrons. The monoisotopic (exact) mass is 248 g/mol. The number of carboxylic acids is 1. The van der Waals surface area contributed by atoms with Gasteiger partial charge in [0.15, 0.2) is 5.54 Å². The molecule has 1 aromatic rings. The molecule has 0 amide bonds. The van der Waals surface area contributed by atoms with Crippen molar-refractivity contribution < 1.29 is 9.90 Å². The van der Waals surface area contributed by atoms with Crippen molar-refractivity contribution in [1.29, 1.82) is 5.26 Å². The van der Waals surface area contributed by atoms with Crippen LogP contribution in [0.4, 0.5) is 0 Å². The maximum atomic E-state index is 11.7. The van der Waals surface area contributed by atoms with E-state index in [0.29, 0.717) is 12.8 Å². The number of hydrogen-bond donors (Lipinski definition) is 1. The number of aliphatic carboxylic acids is 1. The van der Waals surface area contributed by atoms with Gasteiger partial charge in [0.05, 0.1) is 0 Å². The fourth-order valence-corrected chi connectivity index (χ4v) is 2.55. The first-order valence-corrected chi connectivity index (χ1v) is 6.25. The topological polar surface area (TPSA) is 91.8 Å². The summed E-state index contributed by atoms with van der Waals surface area (Å²) in [5.74, 6) is -0.850. The van der Waals surface area contributed by atoms with Crippen molar-refractivity contribution in [3.63, 3.8) is 0 Å². The van der Waals surface area contributed by atoms with Gasteiger partial charge < -0.3 is 5.11 Å². The lowest BCUT2D eigenvalue weighted by Gasteiger charge is -2.31. The van der Waals surface area contributed by atoms with Crippen LogP contribution in [0.3, 0.4) is 0 Å². The molecule has 0 bridgehead atoms. The molecule has 1 heterocycles. The lowest BCUT2D eigenvalue weighted by molar-refractivity contribution is -0.149. The van der Waals surface area contributed by atoms with E-state index < -0.39 is 11.5 Å². The zero-order valence-corrected chi connectivity index (χ0v) is 10.2. The maximum Gasteiger partial charge on any atom is 0.331 e. The highest BCUT2D eigenvalue weighted by Gasteiger charge is 2.41. The van der Waals surface area contributed by atoms with Gasteiger partial charge in [-0.25, -0.2) is 14.5 Å². The van der Waals surface area contributed by atoms with Crippen LogP contribution in [0.15, 0.2) is 6.33 Å². The molecule has 0 unspecified atom stereocenters. The summed E-state index contributed by atoms with van der Waals surface area (Å²) >= 11 is 0. The van der Waals surface area contributed by atoms with Crippen molar-refractivity contribution >= 4 is 5.97 Å². The summed E-state index contributed by atoms with van der Waals surface area (Å²) in [5, 5.41) is 22.3. The second-order valence-corrected chi connectivity index (χ2v) is 4.73. The second kappa shape index (κ2) is 5.17. The van der Waals surface area contributed by atoms with E-state index in [1.165, 1.54) is 11.0 Å². The van der Waals surface area contributed by atoms with Crippen LogP contribution in [0.25, 0.3) is 0 Å². The molecule has 6 heteroatoms. The quantitative estimate of drug-likeness (QED) is 0.859. The lowest BCUT2D eigenvalue weighted by Crippen LogP contribution is -2.43.